The van der Waals surface area contributed by atoms with Crippen molar-refractivity contribution in [2.75, 3.05) is 11.9 Å². The highest BCUT2D eigenvalue weighted by Gasteiger charge is 2.09. The normalized spacial score (nSPS) is 10.9. The lowest BCUT2D eigenvalue weighted by molar-refractivity contribution is 0.660. The van der Waals surface area contributed by atoms with Crippen LogP contribution >= 0.6 is 11.3 Å². The predicted octanol–water partition coefficient (Wildman–Crippen LogP) is 3.09. The van der Waals surface area contributed by atoms with E-state index in [2.05, 4.69) is 29.9 Å². The van der Waals surface area contributed by atoms with Gasteiger partial charge in [-0.2, -0.15) is 5.10 Å². The smallest absolute Gasteiger partial charge is 0.173 e. The van der Waals surface area contributed by atoms with Crippen molar-refractivity contribution >= 4 is 17.2 Å². The molecular weight excluding hydrogens is 334 g/mol. The number of nitrogens with one attached hydrogen (secondary N) is 1. The standard InChI is InChI=1S/C17H17N7S/c1-4-14(25-11-1)17-21-15(12-16(22-17)24-9-3-6-20-24)19-5-2-8-23-10-7-18-13-23/h1,3-4,6-7,9-13H,2,5,8H2,(H,19,21,22). The number of aromatic nitrogens is 6. The molecule has 0 radical (unpaired) electrons. The van der Waals surface area contributed by atoms with E-state index in [-0.39, 0.29) is 0 Å². The summed E-state index contributed by atoms with van der Waals surface area (Å²) >= 11 is 1.62. The average Bonchev–Trinajstić information content (AvgIpc) is 3.42. The fraction of sp³-hybridized carbons (Fsp3) is 0.176. The number of anilines is 1. The van der Waals surface area contributed by atoms with E-state index in [0.29, 0.717) is 5.82 Å². The topological polar surface area (TPSA) is 73.5 Å². The molecule has 0 amide bonds. The number of imidazole rings is 1. The Kier molecular flexibility index (Phi) is 4.51. The molecule has 8 heteroatoms. The fourth-order valence-electron chi connectivity index (χ4n) is 2.46. The number of rotatable bonds is 7. The molecule has 7 nitrogen and oxygen atoms in total. The zero-order valence-corrected chi connectivity index (χ0v) is 14.3. The Morgan fingerprint density at radius 1 is 1.12 bits per heavy atom. The first-order valence-corrected chi connectivity index (χ1v) is 8.89. The van der Waals surface area contributed by atoms with Gasteiger partial charge in [-0.3, -0.25) is 0 Å². The van der Waals surface area contributed by atoms with Crippen molar-refractivity contribution in [3.05, 3.63) is 60.8 Å². The molecule has 4 rings (SSSR count). The first-order valence-electron chi connectivity index (χ1n) is 8.01. The van der Waals surface area contributed by atoms with Crippen molar-refractivity contribution in [3.63, 3.8) is 0 Å². The zero-order valence-electron chi connectivity index (χ0n) is 13.5. The number of aryl methyl sites for hydroxylation is 1. The quantitative estimate of drug-likeness (QED) is 0.518. The highest BCUT2D eigenvalue weighted by atomic mass is 32.1. The average molecular weight is 351 g/mol. The van der Waals surface area contributed by atoms with E-state index in [0.717, 1.165) is 36.0 Å². The van der Waals surface area contributed by atoms with E-state index in [4.69, 9.17) is 0 Å². The van der Waals surface area contributed by atoms with Crippen LogP contribution in [0.25, 0.3) is 16.5 Å². The first kappa shape index (κ1) is 15.5. The fourth-order valence-corrected chi connectivity index (χ4v) is 3.12. The molecule has 25 heavy (non-hydrogen) atoms. The van der Waals surface area contributed by atoms with Crippen molar-refractivity contribution in [1.29, 1.82) is 0 Å². The minimum atomic E-state index is 0.708. The van der Waals surface area contributed by atoms with Gasteiger partial charge in [0.05, 0.1) is 11.2 Å². The Hall–Kier alpha value is -3.00. The van der Waals surface area contributed by atoms with Crippen LogP contribution in [0.3, 0.4) is 0 Å². The molecule has 0 aliphatic heterocycles. The van der Waals surface area contributed by atoms with E-state index >= 15 is 0 Å². The minimum Gasteiger partial charge on any atom is -0.370 e. The lowest BCUT2D eigenvalue weighted by atomic mass is 10.4. The second-order valence-electron chi connectivity index (χ2n) is 5.44. The highest BCUT2D eigenvalue weighted by molar-refractivity contribution is 7.13. The minimum absolute atomic E-state index is 0.708. The molecular formula is C17H17N7S. The van der Waals surface area contributed by atoms with Gasteiger partial charge in [0, 0.05) is 43.9 Å². The third-order valence-corrected chi connectivity index (χ3v) is 4.52. The summed E-state index contributed by atoms with van der Waals surface area (Å²) < 4.78 is 3.81. The van der Waals surface area contributed by atoms with Gasteiger partial charge < -0.3 is 9.88 Å². The summed E-state index contributed by atoms with van der Waals surface area (Å²) in [6.45, 7) is 1.74. The van der Waals surface area contributed by atoms with E-state index in [9.17, 15) is 0 Å². The SMILES string of the molecule is c1csc(-c2nc(NCCCn3ccnc3)cc(-n3cccn3)n2)c1. The van der Waals surface area contributed by atoms with Crippen molar-refractivity contribution in [3.8, 4) is 16.5 Å². The number of thiophene rings is 1. The Balaban J connectivity index is 1.52. The molecule has 0 fully saturated rings. The molecule has 0 atom stereocenters. The van der Waals surface area contributed by atoms with Crippen LogP contribution in [0.1, 0.15) is 6.42 Å². The Morgan fingerprint density at radius 3 is 2.88 bits per heavy atom. The predicted molar refractivity (Wildman–Crippen MR) is 97.8 cm³/mol. The van der Waals surface area contributed by atoms with Crippen LogP contribution in [0.2, 0.25) is 0 Å². The largest absolute Gasteiger partial charge is 0.370 e. The van der Waals surface area contributed by atoms with Crippen LogP contribution in [-0.4, -0.2) is 35.8 Å². The molecule has 4 aromatic heterocycles. The summed E-state index contributed by atoms with van der Waals surface area (Å²) in [4.78, 5) is 14.4. The molecule has 126 valence electrons. The van der Waals surface area contributed by atoms with Gasteiger partial charge in [0.1, 0.15) is 5.82 Å². The lowest BCUT2D eigenvalue weighted by Gasteiger charge is -2.10. The lowest BCUT2D eigenvalue weighted by Crippen LogP contribution is -2.09. The van der Waals surface area contributed by atoms with Gasteiger partial charge in [-0.05, 0) is 23.9 Å². The molecule has 4 aromatic rings. The summed E-state index contributed by atoms with van der Waals surface area (Å²) in [5.74, 6) is 2.26. The summed E-state index contributed by atoms with van der Waals surface area (Å²) in [7, 11) is 0. The van der Waals surface area contributed by atoms with E-state index in [1.165, 1.54) is 0 Å². The van der Waals surface area contributed by atoms with Gasteiger partial charge in [0.15, 0.2) is 11.6 Å². The van der Waals surface area contributed by atoms with E-state index < -0.39 is 0 Å². The molecule has 4 heterocycles. The van der Waals surface area contributed by atoms with Crippen LogP contribution in [0.4, 0.5) is 5.82 Å². The molecule has 0 unspecified atom stereocenters. The second-order valence-corrected chi connectivity index (χ2v) is 6.39. The first-order chi connectivity index (χ1) is 12.4. The van der Waals surface area contributed by atoms with Crippen LogP contribution < -0.4 is 5.32 Å². The molecule has 0 aliphatic rings. The van der Waals surface area contributed by atoms with Crippen molar-refractivity contribution in [2.24, 2.45) is 0 Å². The Morgan fingerprint density at radius 2 is 2.12 bits per heavy atom. The molecule has 0 saturated heterocycles. The number of hydrogen-bond acceptors (Lipinski definition) is 6. The van der Waals surface area contributed by atoms with Crippen molar-refractivity contribution in [1.82, 2.24) is 29.3 Å². The third-order valence-electron chi connectivity index (χ3n) is 3.65. The Bertz CT molecular complexity index is 846. The van der Waals surface area contributed by atoms with Crippen molar-refractivity contribution in [2.45, 2.75) is 13.0 Å². The van der Waals surface area contributed by atoms with Gasteiger partial charge in [0.2, 0.25) is 0 Å². The van der Waals surface area contributed by atoms with Gasteiger partial charge in [-0.15, -0.1) is 11.3 Å². The molecule has 0 spiro atoms. The third kappa shape index (κ3) is 3.74. The van der Waals surface area contributed by atoms with Gasteiger partial charge in [0.25, 0.3) is 0 Å². The summed E-state index contributed by atoms with van der Waals surface area (Å²) in [6, 6.07) is 7.82. The molecule has 0 aromatic carbocycles. The van der Waals surface area contributed by atoms with Gasteiger partial charge >= 0.3 is 0 Å². The van der Waals surface area contributed by atoms with Crippen LogP contribution in [0, 0.1) is 0 Å². The van der Waals surface area contributed by atoms with Crippen LogP contribution in [-0.2, 0) is 6.54 Å². The van der Waals surface area contributed by atoms with Crippen LogP contribution in [0.15, 0.2) is 60.8 Å². The van der Waals surface area contributed by atoms with Crippen LogP contribution in [0.5, 0.6) is 0 Å². The Labute approximate surface area is 149 Å². The highest BCUT2D eigenvalue weighted by Crippen LogP contribution is 2.23. The summed E-state index contributed by atoms with van der Waals surface area (Å²) in [6.07, 6.45) is 10.2. The maximum Gasteiger partial charge on any atom is 0.173 e. The second kappa shape index (κ2) is 7.27. The summed E-state index contributed by atoms with van der Waals surface area (Å²) in [5, 5.41) is 9.69. The zero-order chi connectivity index (χ0) is 16.9. The molecule has 1 N–H and O–H groups in total. The molecule has 0 saturated carbocycles. The number of hydrogen-bond donors (Lipinski definition) is 1. The van der Waals surface area contributed by atoms with E-state index in [1.54, 1.807) is 28.4 Å². The molecule has 0 bridgehead atoms. The maximum absolute atomic E-state index is 4.65. The van der Waals surface area contributed by atoms with Gasteiger partial charge in [-0.1, -0.05) is 6.07 Å². The number of nitrogens with zero attached hydrogens (tertiary/aromatic N) is 6. The summed E-state index contributed by atoms with van der Waals surface area (Å²) in [5.41, 5.74) is 0. The maximum atomic E-state index is 4.65. The molecule has 0 aliphatic carbocycles. The van der Waals surface area contributed by atoms with Gasteiger partial charge in [-0.25, -0.2) is 19.6 Å². The van der Waals surface area contributed by atoms with E-state index in [1.807, 2.05) is 48.4 Å². The van der Waals surface area contributed by atoms with Crippen molar-refractivity contribution < 1.29 is 0 Å². The monoisotopic (exact) mass is 351 g/mol.